The third-order valence-corrected chi connectivity index (χ3v) is 5.01. The number of anilines is 1. The molecule has 0 bridgehead atoms. The van der Waals surface area contributed by atoms with E-state index in [0.29, 0.717) is 38.7 Å². The largest absolute Gasteiger partial charge is 0.467 e. The molecule has 2 aromatic rings. The van der Waals surface area contributed by atoms with E-state index in [-0.39, 0.29) is 17.9 Å². The highest BCUT2D eigenvalue weighted by Crippen LogP contribution is 2.22. The lowest BCUT2D eigenvalue weighted by Gasteiger charge is -2.36. The van der Waals surface area contributed by atoms with Crippen molar-refractivity contribution in [3.8, 4) is 12.0 Å². The average Bonchev–Trinajstić information content (AvgIpc) is 2.77. The zero-order valence-corrected chi connectivity index (χ0v) is 16.0. The van der Waals surface area contributed by atoms with Gasteiger partial charge in [-0.2, -0.15) is 9.97 Å². The summed E-state index contributed by atoms with van der Waals surface area (Å²) in [5, 5.41) is 0. The summed E-state index contributed by atoms with van der Waals surface area (Å²) in [5.41, 5.74) is 2.50. The molecule has 0 N–H and O–H groups in total. The smallest absolute Gasteiger partial charge is 0.324 e. The fourth-order valence-electron chi connectivity index (χ4n) is 3.52. The van der Waals surface area contributed by atoms with E-state index in [9.17, 15) is 4.79 Å². The zero-order chi connectivity index (χ0) is 19.5. The van der Waals surface area contributed by atoms with E-state index in [2.05, 4.69) is 27.1 Å². The van der Waals surface area contributed by atoms with Gasteiger partial charge in [-0.3, -0.25) is 4.79 Å². The number of hydrogen-bond acceptors (Lipinski definition) is 8. The predicted molar refractivity (Wildman–Crippen MR) is 100 cm³/mol. The number of rotatable bonds is 4. The van der Waals surface area contributed by atoms with Gasteiger partial charge in [0, 0.05) is 19.6 Å². The fourth-order valence-corrected chi connectivity index (χ4v) is 3.52. The Balaban J connectivity index is 1.48. The monoisotopic (exact) mass is 385 g/mol. The van der Waals surface area contributed by atoms with Crippen molar-refractivity contribution in [3.63, 3.8) is 0 Å². The second-order valence-electron chi connectivity index (χ2n) is 6.69. The van der Waals surface area contributed by atoms with Gasteiger partial charge in [-0.05, 0) is 17.5 Å². The van der Waals surface area contributed by atoms with Crippen molar-refractivity contribution in [2.24, 2.45) is 0 Å². The van der Waals surface area contributed by atoms with Gasteiger partial charge in [-0.15, -0.1) is 4.98 Å². The lowest BCUT2D eigenvalue weighted by molar-refractivity contribution is -0.145. The molecule has 2 aliphatic heterocycles. The van der Waals surface area contributed by atoms with Crippen LogP contribution in [0.25, 0.3) is 0 Å². The van der Waals surface area contributed by atoms with Crippen LogP contribution < -0.4 is 14.4 Å². The topological polar surface area (TPSA) is 89.9 Å². The summed E-state index contributed by atoms with van der Waals surface area (Å²) in [6, 6.07) is 8.58. The normalized spacial score (nSPS) is 19.1. The minimum Gasteiger partial charge on any atom is -0.467 e. The summed E-state index contributed by atoms with van der Waals surface area (Å²) in [4.78, 5) is 29.4. The number of morpholine rings is 1. The van der Waals surface area contributed by atoms with Crippen molar-refractivity contribution in [2.45, 2.75) is 19.1 Å². The van der Waals surface area contributed by atoms with Crippen LogP contribution in [0.4, 0.5) is 5.95 Å². The molecular formula is C19H23N5O4. The molecule has 148 valence electrons. The number of carbonyl (C=O) groups excluding carboxylic acids is 1. The number of ether oxygens (including phenoxy) is 3. The molecule has 0 aliphatic carbocycles. The van der Waals surface area contributed by atoms with Crippen molar-refractivity contribution < 1.29 is 19.0 Å². The van der Waals surface area contributed by atoms with Crippen molar-refractivity contribution in [1.29, 1.82) is 0 Å². The highest BCUT2D eigenvalue weighted by molar-refractivity contribution is 5.82. The van der Waals surface area contributed by atoms with Crippen LogP contribution in [0.5, 0.6) is 12.0 Å². The lowest BCUT2D eigenvalue weighted by Crippen LogP contribution is -2.52. The molecule has 1 atom stereocenters. The fraction of sp³-hybridized carbons (Fsp3) is 0.474. The standard InChI is InChI=1S/C19H23N5O4/c1-26-18-20-17(21-19(22-18)27-2)24-9-10-28-15(12-24)16(25)23-8-7-13-5-3-4-6-14(13)11-23/h3-6,15H,7-12H2,1-2H3. The van der Waals surface area contributed by atoms with E-state index in [1.165, 1.54) is 25.3 Å². The maximum absolute atomic E-state index is 13.1. The minimum atomic E-state index is -0.562. The van der Waals surface area contributed by atoms with Gasteiger partial charge in [0.1, 0.15) is 0 Å². The van der Waals surface area contributed by atoms with E-state index >= 15 is 0 Å². The van der Waals surface area contributed by atoms with Crippen LogP contribution in [0.2, 0.25) is 0 Å². The second kappa shape index (κ2) is 7.97. The molecule has 1 aromatic heterocycles. The molecule has 1 fully saturated rings. The molecule has 0 radical (unpaired) electrons. The lowest BCUT2D eigenvalue weighted by atomic mass is 9.99. The van der Waals surface area contributed by atoms with Crippen LogP contribution in [-0.4, -0.2) is 72.3 Å². The Morgan fingerprint density at radius 2 is 1.79 bits per heavy atom. The van der Waals surface area contributed by atoms with Gasteiger partial charge in [0.25, 0.3) is 5.91 Å². The molecule has 4 rings (SSSR count). The Bertz CT molecular complexity index is 840. The maximum atomic E-state index is 13.1. The van der Waals surface area contributed by atoms with Crippen LogP contribution in [0, 0.1) is 0 Å². The first-order valence-electron chi connectivity index (χ1n) is 9.24. The number of amides is 1. The van der Waals surface area contributed by atoms with E-state index in [1.807, 2.05) is 21.9 Å². The van der Waals surface area contributed by atoms with Gasteiger partial charge >= 0.3 is 12.0 Å². The Labute approximate surface area is 163 Å². The van der Waals surface area contributed by atoms with Gasteiger partial charge in [0.05, 0.1) is 27.4 Å². The Morgan fingerprint density at radius 1 is 1.07 bits per heavy atom. The molecule has 28 heavy (non-hydrogen) atoms. The number of hydrogen-bond donors (Lipinski definition) is 0. The SMILES string of the molecule is COc1nc(OC)nc(N2CCOC(C(=O)N3CCc4ccccc4C3)C2)n1. The Kier molecular flexibility index (Phi) is 5.25. The predicted octanol–water partition coefficient (Wildman–Crippen LogP) is 0.679. The van der Waals surface area contributed by atoms with Crippen LogP contribution in [-0.2, 0) is 22.5 Å². The van der Waals surface area contributed by atoms with Crippen LogP contribution in [0.3, 0.4) is 0 Å². The van der Waals surface area contributed by atoms with Crippen molar-refractivity contribution in [1.82, 2.24) is 19.9 Å². The first-order chi connectivity index (χ1) is 13.7. The van der Waals surface area contributed by atoms with Crippen molar-refractivity contribution >= 4 is 11.9 Å². The number of carbonyl (C=O) groups is 1. The summed E-state index contributed by atoms with van der Waals surface area (Å²) >= 11 is 0. The Morgan fingerprint density at radius 3 is 2.50 bits per heavy atom. The maximum Gasteiger partial charge on any atom is 0.324 e. The summed E-state index contributed by atoms with van der Waals surface area (Å²) in [5.74, 6) is 0.404. The molecule has 1 saturated heterocycles. The number of nitrogens with zero attached hydrogens (tertiary/aromatic N) is 5. The summed E-state index contributed by atoms with van der Waals surface area (Å²) < 4.78 is 16.0. The molecule has 9 heteroatoms. The number of methoxy groups -OCH3 is 2. The molecule has 2 aliphatic rings. The third-order valence-electron chi connectivity index (χ3n) is 5.01. The quantitative estimate of drug-likeness (QED) is 0.759. The summed E-state index contributed by atoms with van der Waals surface area (Å²) in [6.45, 7) is 2.67. The van der Waals surface area contributed by atoms with E-state index < -0.39 is 6.10 Å². The molecule has 1 aromatic carbocycles. The zero-order valence-electron chi connectivity index (χ0n) is 16.0. The van der Waals surface area contributed by atoms with Gasteiger partial charge in [0.15, 0.2) is 6.10 Å². The van der Waals surface area contributed by atoms with Crippen LogP contribution in [0.1, 0.15) is 11.1 Å². The molecule has 0 saturated carbocycles. The third kappa shape index (κ3) is 3.70. The number of benzene rings is 1. The van der Waals surface area contributed by atoms with Crippen LogP contribution >= 0.6 is 0 Å². The highest BCUT2D eigenvalue weighted by Gasteiger charge is 2.33. The average molecular weight is 385 g/mol. The van der Waals surface area contributed by atoms with Gasteiger partial charge < -0.3 is 24.0 Å². The molecular weight excluding hydrogens is 362 g/mol. The van der Waals surface area contributed by atoms with Gasteiger partial charge in [-0.25, -0.2) is 0 Å². The van der Waals surface area contributed by atoms with E-state index in [1.54, 1.807) is 0 Å². The van der Waals surface area contributed by atoms with E-state index in [4.69, 9.17) is 14.2 Å². The number of fused-ring (bicyclic) bond motifs is 1. The summed E-state index contributed by atoms with van der Waals surface area (Å²) in [6.07, 6.45) is 0.299. The van der Waals surface area contributed by atoms with Gasteiger partial charge in [0.2, 0.25) is 5.95 Å². The molecule has 9 nitrogen and oxygen atoms in total. The molecule has 0 spiro atoms. The number of aromatic nitrogens is 3. The van der Waals surface area contributed by atoms with Crippen molar-refractivity contribution in [3.05, 3.63) is 35.4 Å². The van der Waals surface area contributed by atoms with Gasteiger partial charge in [-0.1, -0.05) is 24.3 Å². The summed E-state index contributed by atoms with van der Waals surface area (Å²) in [7, 11) is 2.97. The molecule has 1 amide bonds. The first-order valence-corrected chi connectivity index (χ1v) is 9.24. The van der Waals surface area contributed by atoms with Crippen LogP contribution in [0.15, 0.2) is 24.3 Å². The highest BCUT2D eigenvalue weighted by atomic mass is 16.5. The van der Waals surface area contributed by atoms with E-state index in [0.717, 1.165) is 6.42 Å². The minimum absolute atomic E-state index is 0.00723. The first kappa shape index (κ1) is 18.4. The molecule has 3 heterocycles. The molecule has 1 unspecified atom stereocenters. The Hall–Kier alpha value is -2.94. The second-order valence-corrected chi connectivity index (χ2v) is 6.69. The van der Waals surface area contributed by atoms with Crippen molar-refractivity contribution in [2.75, 3.05) is 45.4 Å².